The average Bonchev–Trinajstić information content (AvgIpc) is 2.35. The maximum atomic E-state index is 11.8. The molecule has 0 aliphatic heterocycles. The lowest BCUT2D eigenvalue weighted by Gasteiger charge is -2.13. The SMILES string of the molecule is CC(C)c1ccc(CNS(=O)(=O)C(C)C(N)=S)cc1. The number of sulfonamides is 1. The van der Waals surface area contributed by atoms with Gasteiger partial charge in [-0.25, -0.2) is 13.1 Å². The van der Waals surface area contributed by atoms with Gasteiger partial charge in [-0.05, 0) is 24.0 Å². The van der Waals surface area contributed by atoms with Gasteiger partial charge in [-0.2, -0.15) is 0 Å². The fourth-order valence-corrected chi connectivity index (χ4v) is 2.79. The maximum absolute atomic E-state index is 11.8. The van der Waals surface area contributed by atoms with E-state index in [9.17, 15) is 8.42 Å². The van der Waals surface area contributed by atoms with Crippen LogP contribution in [-0.4, -0.2) is 18.7 Å². The summed E-state index contributed by atoms with van der Waals surface area (Å²) in [5.41, 5.74) is 7.49. The Labute approximate surface area is 120 Å². The highest BCUT2D eigenvalue weighted by molar-refractivity contribution is 7.93. The molecule has 3 N–H and O–H groups in total. The molecule has 19 heavy (non-hydrogen) atoms. The monoisotopic (exact) mass is 300 g/mol. The number of thiocarbonyl (C=S) groups is 1. The number of hydrogen-bond acceptors (Lipinski definition) is 3. The van der Waals surface area contributed by atoms with E-state index in [0.717, 1.165) is 5.56 Å². The third-order valence-electron chi connectivity index (χ3n) is 2.99. The summed E-state index contributed by atoms with van der Waals surface area (Å²) in [6, 6.07) is 7.85. The minimum absolute atomic E-state index is 0.0253. The summed E-state index contributed by atoms with van der Waals surface area (Å²) in [6.07, 6.45) is 0. The van der Waals surface area contributed by atoms with Gasteiger partial charge in [0.05, 0.1) is 4.99 Å². The molecule has 0 radical (unpaired) electrons. The van der Waals surface area contributed by atoms with Gasteiger partial charge in [0.25, 0.3) is 0 Å². The lowest BCUT2D eigenvalue weighted by molar-refractivity contribution is 0.578. The van der Waals surface area contributed by atoms with E-state index in [1.807, 2.05) is 24.3 Å². The van der Waals surface area contributed by atoms with E-state index in [-0.39, 0.29) is 11.5 Å². The first kappa shape index (κ1) is 16.1. The Hall–Kier alpha value is -0.980. The van der Waals surface area contributed by atoms with Crippen LogP contribution in [0.1, 0.15) is 37.8 Å². The van der Waals surface area contributed by atoms with E-state index in [0.29, 0.717) is 5.92 Å². The van der Waals surface area contributed by atoms with Crippen molar-refractivity contribution < 1.29 is 8.42 Å². The van der Waals surface area contributed by atoms with E-state index in [1.165, 1.54) is 12.5 Å². The smallest absolute Gasteiger partial charge is 0.221 e. The first-order valence-corrected chi connectivity index (χ1v) is 8.06. The fourth-order valence-electron chi connectivity index (χ4n) is 1.48. The maximum Gasteiger partial charge on any atom is 0.221 e. The molecule has 1 atom stereocenters. The summed E-state index contributed by atoms with van der Waals surface area (Å²) < 4.78 is 26.2. The van der Waals surface area contributed by atoms with Crippen molar-refractivity contribution in [3.05, 3.63) is 35.4 Å². The molecule has 1 aromatic carbocycles. The van der Waals surface area contributed by atoms with E-state index in [4.69, 9.17) is 18.0 Å². The van der Waals surface area contributed by atoms with E-state index in [2.05, 4.69) is 18.6 Å². The number of rotatable bonds is 6. The molecule has 1 unspecified atom stereocenters. The molecule has 4 nitrogen and oxygen atoms in total. The van der Waals surface area contributed by atoms with Crippen molar-refractivity contribution in [1.82, 2.24) is 4.72 Å². The molecule has 106 valence electrons. The van der Waals surface area contributed by atoms with Crippen molar-refractivity contribution in [2.45, 2.75) is 38.5 Å². The normalized spacial score (nSPS) is 13.5. The zero-order valence-corrected chi connectivity index (χ0v) is 13.0. The first-order valence-electron chi connectivity index (χ1n) is 6.10. The molecule has 0 aromatic heterocycles. The van der Waals surface area contributed by atoms with Crippen molar-refractivity contribution in [2.75, 3.05) is 0 Å². The molecule has 0 spiro atoms. The van der Waals surface area contributed by atoms with Crippen LogP contribution in [0.3, 0.4) is 0 Å². The highest BCUT2D eigenvalue weighted by Crippen LogP contribution is 2.14. The summed E-state index contributed by atoms with van der Waals surface area (Å²) in [7, 11) is -3.50. The van der Waals surface area contributed by atoms with Gasteiger partial charge < -0.3 is 5.73 Å². The van der Waals surface area contributed by atoms with Crippen LogP contribution in [0.15, 0.2) is 24.3 Å². The molecule has 0 aliphatic carbocycles. The lowest BCUT2D eigenvalue weighted by Crippen LogP contribution is -2.39. The van der Waals surface area contributed by atoms with Crippen LogP contribution < -0.4 is 10.5 Å². The second-order valence-corrected chi connectivity index (χ2v) is 7.36. The van der Waals surface area contributed by atoms with Crippen LogP contribution in [0.5, 0.6) is 0 Å². The molecule has 0 saturated carbocycles. The van der Waals surface area contributed by atoms with Crippen LogP contribution in [0, 0.1) is 0 Å². The molecule has 0 heterocycles. The van der Waals surface area contributed by atoms with Crippen LogP contribution in [0.25, 0.3) is 0 Å². The Morgan fingerprint density at radius 2 is 1.79 bits per heavy atom. The predicted octanol–water partition coefficient (Wildman–Crippen LogP) is 1.90. The lowest BCUT2D eigenvalue weighted by atomic mass is 10.0. The Morgan fingerprint density at radius 3 is 2.21 bits per heavy atom. The molecule has 0 bridgehead atoms. The number of nitrogens with one attached hydrogen (secondary N) is 1. The second-order valence-electron chi connectivity index (χ2n) is 4.81. The van der Waals surface area contributed by atoms with Gasteiger partial charge in [-0.15, -0.1) is 0 Å². The molecule has 0 fully saturated rings. The molecule has 6 heteroatoms. The third-order valence-corrected chi connectivity index (χ3v) is 5.22. The van der Waals surface area contributed by atoms with Crippen molar-refractivity contribution >= 4 is 27.2 Å². The topological polar surface area (TPSA) is 72.2 Å². The van der Waals surface area contributed by atoms with Crippen LogP contribution in [0.2, 0.25) is 0 Å². The summed E-state index contributed by atoms with van der Waals surface area (Å²) in [6.45, 7) is 5.95. The standard InChI is InChI=1S/C13H20N2O2S2/c1-9(2)12-6-4-11(5-7-12)8-15-19(16,17)10(3)13(14)18/h4-7,9-10,15H,8H2,1-3H3,(H2,14,18). The number of benzene rings is 1. The molecule has 0 saturated heterocycles. The number of hydrogen-bond donors (Lipinski definition) is 2. The molecule has 1 rings (SSSR count). The molecule has 1 aromatic rings. The Bertz CT molecular complexity index is 536. The Kier molecular flexibility index (Phi) is 5.46. The summed E-state index contributed by atoms with van der Waals surface area (Å²) in [5, 5.41) is -0.863. The largest absolute Gasteiger partial charge is 0.392 e. The van der Waals surface area contributed by atoms with Crippen molar-refractivity contribution in [3.63, 3.8) is 0 Å². The zero-order valence-electron chi connectivity index (χ0n) is 11.4. The van der Waals surface area contributed by atoms with Crippen molar-refractivity contribution in [1.29, 1.82) is 0 Å². The molecular weight excluding hydrogens is 280 g/mol. The van der Waals surface area contributed by atoms with E-state index >= 15 is 0 Å². The number of nitrogens with two attached hydrogens (primary N) is 1. The van der Waals surface area contributed by atoms with Gasteiger partial charge in [0.1, 0.15) is 5.25 Å². The first-order chi connectivity index (χ1) is 8.74. The Balaban J connectivity index is 2.69. The zero-order chi connectivity index (χ0) is 14.6. The van der Waals surface area contributed by atoms with Gasteiger partial charge in [-0.1, -0.05) is 50.3 Å². The summed E-state index contributed by atoms with van der Waals surface area (Å²) in [5.74, 6) is 0.459. The quantitative estimate of drug-likeness (QED) is 0.787. The van der Waals surface area contributed by atoms with Crippen molar-refractivity contribution in [2.24, 2.45) is 5.73 Å². The van der Waals surface area contributed by atoms with E-state index < -0.39 is 15.3 Å². The van der Waals surface area contributed by atoms with Gasteiger partial charge in [0, 0.05) is 6.54 Å². The van der Waals surface area contributed by atoms with Gasteiger partial charge in [-0.3, -0.25) is 0 Å². The summed E-state index contributed by atoms with van der Waals surface area (Å²) >= 11 is 4.70. The van der Waals surface area contributed by atoms with Crippen LogP contribution in [-0.2, 0) is 16.6 Å². The molecular formula is C13H20N2O2S2. The van der Waals surface area contributed by atoms with Gasteiger partial charge in [0.15, 0.2) is 0 Å². The van der Waals surface area contributed by atoms with Gasteiger partial charge in [0.2, 0.25) is 10.0 Å². The van der Waals surface area contributed by atoms with E-state index in [1.54, 1.807) is 0 Å². The highest BCUT2D eigenvalue weighted by Gasteiger charge is 2.22. The second kappa shape index (κ2) is 6.45. The predicted molar refractivity (Wildman–Crippen MR) is 82.5 cm³/mol. The third kappa shape index (κ3) is 4.56. The Morgan fingerprint density at radius 1 is 1.26 bits per heavy atom. The fraction of sp³-hybridized carbons (Fsp3) is 0.462. The van der Waals surface area contributed by atoms with Crippen molar-refractivity contribution in [3.8, 4) is 0 Å². The summed E-state index contributed by atoms with van der Waals surface area (Å²) in [4.78, 5) is -0.0253. The molecule has 0 amide bonds. The minimum Gasteiger partial charge on any atom is -0.392 e. The van der Waals surface area contributed by atoms with Gasteiger partial charge >= 0.3 is 0 Å². The minimum atomic E-state index is -3.50. The highest BCUT2D eigenvalue weighted by atomic mass is 32.2. The van der Waals surface area contributed by atoms with Crippen LogP contribution in [0.4, 0.5) is 0 Å². The van der Waals surface area contributed by atoms with Crippen LogP contribution >= 0.6 is 12.2 Å². The molecule has 0 aliphatic rings. The average molecular weight is 300 g/mol.